The third-order valence-electron chi connectivity index (χ3n) is 4.79. The minimum atomic E-state index is -0.611. The van der Waals surface area contributed by atoms with Gasteiger partial charge in [0.25, 0.3) is 5.56 Å². The van der Waals surface area contributed by atoms with Crippen molar-refractivity contribution in [2.24, 2.45) is 0 Å². The van der Waals surface area contributed by atoms with Gasteiger partial charge in [-0.3, -0.25) is 4.79 Å². The molecule has 0 amide bonds. The summed E-state index contributed by atoms with van der Waals surface area (Å²) >= 11 is 1.51. The van der Waals surface area contributed by atoms with Crippen LogP contribution in [0.3, 0.4) is 0 Å². The molecule has 1 aromatic heterocycles. The minimum Gasteiger partial charge on any atom is -0.497 e. The summed E-state index contributed by atoms with van der Waals surface area (Å²) in [6.45, 7) is 3.90. The van der Waals surface area contributed by atoms with Gasteiger partial charge in [0.15, 0.2) is 5.16 Å². The van der Waals surface area contributed by atoms with Crippen LogP contribution < -0.4 is 15.6 Å². The molecule has 2 heterocycles. The van der Waals surface area contributed by atoms with Gasteiger partial charge in [-0.15, -0.1) is 0 Å². The van der Waals surface area contributed by atoms with Crippen LogP contribution >= 0.6 is 11.8 Å². The van der Waals surface area contributed by atoms with Gasteiger partial charge >= 0.3 is 5.97 Å². The van der Waals surface area contributed by atoms with Gasteiger partial charge in [-0.2, -0.15) is 0 Å². The Hall–Kier alpha value is -2.74. The largest absolute Gasteiger partial charge is 0.497 e. The molecule has 1 unspecified atom stereocenters. The van der Waals surface area contributed by atoms with Crippen molar-refractivity contribution < 1.29 is 14.3 Å². The number of hydrogen-bond donors (Lipinski definition) is 2. The van der Waals surface area contributed by atoms with Gasteiger partial charge in [0.1, 0.15) is 11.6 Å². The summed E-state index contributed by atoms with van der Waals surface area (Å²) < 4.78 is 10.3. The van der Waals surface area contributed by atoms with Crippen molar-refractivity contribution in [2.45, 2.75) is 37.8 Å². The number of esters is 1. The van der Waals surface area contributed by atoms with Crippen LogP contribution in [-0.2, 0) is 9.53 Å². The quantitative estimate of drug-likeness (QED) is 0.308. The second-order valence-electron chi connectivity index (χ2n) is 6.70. The lowest BCUT2D eigenvalue weighted by Gasteiger charge is -2.28. The second-order valence-corrected chi connectivity index (χ2v) is 7.78. The first kappa shape index (κ1) is 21.0. The van der Waals surface area contributed by atoms with Crippen molar-refractivity contribution in [3.63, 3.8) is 0 Å². The fourth-order valence-electron chi connectivity index (χ4n) is 3.35. The van der Waals surface area contributed by atoms with E-state index in [0.717, 1.165) is 24.2 Å². The van der Waals surface area contributed by atoms with Crippen molar-refractivity contribution in [3.05, 3.63) is 57.0 Å². The number of aromatic amines is 1. The molecule has 1 aliphatic rings. The van der Waals surface area contributed by atoms with Crippen LogP contribution in [0.1, 0.15) is 43.7 Å². The predicted octanol–water partition coefficient (Wildman–Crippen LogP) is 3.68. The molecule has 29 heavy (non-hydrogen) atoms. The number of nitrogens with one attached hydrogen (secondary N) is 2. The van der Waals surface area contributed by atoms with E-state index in [1.54, 1.807) is 14.0 Å². The zero-order valence-electron chi connectivity index (χ0n) is 17.0. The third-order valence-corrected chi connectivity index (χ3v) is 5.75. The lowest BCUT2D eigenvalue weighted by Crippen LogP contribution is -2.31. The maximum absolute atomic E-state index is 13.1. The van der Waals surface area contributed by atoms with Gasteiger partial charge in [0, 0.05) is 11.4 Å². The Bertz CT molecular complexity index is 1000. The summed E-state index contributed by atoms with van der Waals surface area (Å²) in [6, 6.07) is 7.33. The first-order chi connectivity index (χ1) is 14.0. The topological polar surface area (TPSA) is 93.3 Å². The monoisotopic (exact) mass is 415 g/mol. The van der Waals surface area contributed by atoms with E-state index in [-0.39, 0.29) is 5.56 Å². The number of nitrogens with zero attached hydrogens (tertiary/aromatic N) is 1. The summed E-state index contributed by atoms with van der Waals surface area (Å²) in [5.74, 6) is 0.875. The molecule has 154 valence electrons. The number of aromatic nitrogens is 2. The summed E-state index contributed by atoms with van der Waals surface area (Å²) in [5.41, 5.74) is 1.87. The lowest BCUT2D eigenvalue weighted by molar-refractivity contribution is -0.136. The second kappa shape index (κ2) is 9.17. The predicted molar refractivity (Wildman–Crippen MR) is 114 cm³/mol. The number of carbonyl (C=O) groups excluding carboxylic acids is 1. The summed E-state index contributed by atoms with van der Waals surface area (Å²) in [5, 5.41) is 3.69. The molecular weight excluding hydrogens is 390 g/mol. The number of allylic oxidation sites excluding steroid dienone is 1. The van der Waals surface area contributed by atoms with Crippen molar-refractivity contribution in [2.75, 3.05) is 25.3 Å². The number of fused-ring (bicyclic) bond motifs is 1. The average Bonchev–Trinajstić information content (AvgIpc) is 2.72. The van der Waals surface area contributed by atoms with Gasteiger partial charge in [-0.1, -0.05) is 37.2 Å². The Kier molecular flexibility index (Phi) is 6.64. The summed E-state index contributed by atoms with van der Waals surface area (Å²) in [7, 11) is 2.91. The Morgan fingerprint density at radius 2 is 2.10 bits per heavy atom. The van der Waals surface area contributed by atoms with Gasteiger partial charge in [0.05, 0.1) is 31.3 Å². The highest BCUT2D eigenvalue weighted by Gasteiger charge is 2.36. The van der Waals surface area contributed by atoms with Crippen LogP contribution in [0.2, 0.25) is 0 Å². The maximum atomic E-state index is 13.1. The fraction of sp³-hybridized carbons (Fsp3) is 0.381. The van der Waals surface area contributed by atoms with Crippen LogP contribution in [0.15, 0.2) is 45.5 Å². The van der Waals surface area contributed by atoms with E-state index in [2.05, 4.69) is 22.2 Å². The van der Waals surface area contributed by atoms with Crippen molar-refractivity contribution in [1.29, 1.82) is 0 Å². The number of thioether (sulfide) groups is 1. The number of H-pyrrole nitrogens is 1. The Morgan fingerprint density at radius 3 is 2.79 bits per heavy atom. The lowest BCUT2D eigenvalue weighted by atomic mass is 9.82. The van der Waals surface area contributed by atoms with Crippen LogP contribution in [0.25, 0.3) is 0 Å². The molecule has 1 aliphatic heterocycles. The van der Waals surface area contributed by atoms with Gasteiger partial charge in [0.2, 0.25) is 0 Å². The van der Waals surface area contributed by atoms with E-state index in [1.165, 1.54) is 18.9 Å². The average molecular weight is 416 g/mol. The van der Waals surface area contributed by atoms with Crippen molar-refractivity contribution >= 4 is 23.5 Å². The van der Waals surface area contributed by atoms with Crippen LogP contribution in [0.5, 0.6) is 5.75 Å². The van der Waals surface area contributed by atoms with E-state index in [9.17, 15) is 9.59 Å². The number of carbonyl (C=O) groups is 1. The number of hydrogen-bond acceptors (Lipinski definition) is 7. The zero-order chi connectivity index (χ0) is 21.0. The molecular formula is C21H25N3O4S. The van der Waals surface area contributed by atoms with Crippen molar-refractivity contribution in [1.82, 2.24) is 9.97 Å². The van der Waals surface area contributed by atoms with Crippen LogP contribution in [-0.4, -0.2) is 35.9 Å². The molecule has 0 spiro atoms. The van der Waals surface area contributed by atoms with E-state index < -0.39 is 11.9 Å². The first-order valence-electron chi connectivity index (χ1n) is 9.47. The van der Waals surface area contributed by atoms with Crippen molar-refractivity contribution in [3.8, 4) is 5.75 Å². The molecule has 0 saturated carbocycles. The highest BCUT2D eigenvalue weighted by molar-refractivity contribution is 7.99. The van der Waals surface area contributed by atoms with Gasteiger partial charge in [-0.25, -0.2) is 9.78 Å². The summed E-state index contributed by atoms with van der Waals surface area (Å²) in [6.07, 6.45) is 2.11. The summed E-state index contributed by atoms with van der Waals surface area (Å²) in [4.78, 5) is 33.1. The molecule has 2 aromatic rings. The Morgan fingerprint density at radius 1 is 1.31 bits per heavy atom. The molecule has 0 aliphatic carbocycles. The van der Waals surface area contributed by atoms with Crippen LogP contribution in [0.4, 0.5) is 5.82 Å². The number of methoxy groups -OCH3 is 2. The molecule has 8 heteroatoms. The molecule has 1 aromatic carbocycles. The number of anilines is 1. The molecule has 0 fully saturated rings. The molecule has 1 atom stereocenters. The zero-order valence-corrected chi connectivity index (χ0v) is 17.8. The van der Waals surface area contributed by atoms with E-state index in [4.69, 9.17) is 9.47 Å². The van der Waals surface area contributed by atoms with Crippen LogP contribution in [0, 0.1) is 0 Å². The highest BCUT2D eigenvalue weighted by atomic mass is 32.2. The van der Waals surface area contributed by atoms with E-state index >= 15 is 0 Å². The normalized spacial score (nSPS) is 15.5. The molecule has 0 saturated heterocycles. The SMILES string of the molecule is CCCCSc1nc2c(c(=O)[nH]1)C(c1cccc(OC)c1)C(C(=O)OC)=C(C)N2. The standard InChI is InChI=1S/C21H25N3O4S/c1-5-6-10-29-21-23-18-17(19(25)24-21)16(13-8-7-9-14(11-13)27-3)15(12(2)22-18)20(26)28-4/h7-9,11,16H,5-6,10H2,1-4H3,(H2,22,23,24,25). The van der Waals surface area contributed by atoms with Gasteiger partial charge < -0.3 is 19.8 Å². The molecule has 2 N–H and O–H groups in total. The third kappa shape index (κ3) is 4.32. The molecule has 0 bridgehead atoms. The number of benzene rings is 1. The minimum absolute atomic E-state index is 0.275. The van der Waals surface area contributed by atoms with E-state index in [1.807, 2.05) is 24.3 Å². The molecule has 7 nitrogen and oxygen atoms in total. The smallest absolute Gasteiger partial charge is 0.336 e. The Balaban J connectivity index is 2.15. The highest BCUT2D eigenvalue weighted by Crippen LogP contribution is 2.40. The Labute approximate surface area is 173 Å². The number of ether oxygens (including phenoxy) is 2. The fourth-order valence-corrected chi connectivity index (χ4v) is 4.29. The number of unbranched alkanes of at least 4 members (excludes halogenated alkanes) is 1. The molecule has 3 rings (SSSR count). The van der Waals surface area contributed by atoms with E-state index in [0.29, 0.717) is 33.6 Å². The van der Waals surface area contributed by atoms with Gasteiger partial charge in [-0.05, 0) is 31.0 Å². The number of rotatable bonds is 7. The first-order valence-corrected chi connectivity index (χ1v) is 10.5. The molecule has 0 radical (unpaired) electrons. The maximum Gasteiger partial charge on any atom is 0.336 e.